The lowest BCUT2D eigenvalue weighted by Gasteiger charge is -2.29. The largest absolute Gasteiger partial charge is 0.465 e. The lowest BCUT2D eigenvalue weighted by Crippen LogP contribution is -2.48. The van der Waals surface area contributed by atoms with E-state index in [2.05, 4.69) is 4.74 Å². The molecule has 1 aliphatic rings. The number of ketones is 1. The fourth-order valence-electron chi connectivity index (χ4n) is 2.21. The Bertz CT molecular complexity index is 356. The van der Waals surface area contributed by atoms with Crippen molar-refractivity contribution < 1.29 is 28.6 Å². The molecule has 6 nitrogen and oxygen atoms in total. The first-order valence-corrected chi connectivity index (χ1v) is 6.47. The summed E-state index contributed by atoms with van der Waals surface area (Å²) in [5, 5.41) is 0. The number of esters is 2. The Balaban J connectivity index is 2.95. The van der Waals surface area contributed by atoms with E-state index in [1.807, 2.05) is 0 Å². The van der Waals surface area contributed by atoms with E-state index in [0.717, 1.165) is 6.42 Å². The van der Waals surface area contributed by atoms with E-state index in [9.17, 15) is 14.4 Å². The zero-order valence-corrected chi connectivity index (χ0v) is 11.6. The topological polar surface area (TPSA) is 78.9 Å². The Kier molecular flexibility index (Phi) is 5.47. The minimum Gasteiger partial charge on any atom is -0.465 e. The average Bonchev–Trinajstić information content (AvgIpc) is 2.77. The fraction of sp³-hybridized carbons (Fsp3) is 0.769. The maximum atomic E-state index is 12.1. The molecule has 0 amide bonds. The van der Waals surface area contributed by atoms with E-state index in [1.54, 1.807) is 20.8 Å². The van der Waals surface area contributed by atoms with Gasteiger partial charge in [0, 0.05) is 6.61 Å². The van der Waals surface area contributed by atoms with Gasteiger partial charge in [-0.3, -0.25) is 9.59 Å². The van der Waals surface area contributed by atoms with Gasteiger partial charge in [-0.15, -0.1) is 0 Å². The first-order chi connectivity index (χ1) is 8.96. The molecule has 1 aliphatic heterocycles. The van der Waals surface area contributed by atoms with Crippen molar-refractivity contribution in [3.05, 3.63) is 0 Å². The molecule has 19 heavy (non-hydrogen) atoms. The van der Waals surface area contributed by atoms with Crippen LogP contribution in [-0.4, -0.2) is 43.1 Å². The predicted octanol–water partition coefficient (Wildman–Crippen LogP) is 0.867. The number of carbonyl (C=O) groups is 3. The summed E-state index contributed by atoms with van der Waals surface area (Å²) in [6.07, 6.45) is 1.27. The second kappa shape index (κ2) is 6.65. The highest BCUT2D eigenvalue weighted by molar-refractivity contribution is 6.38. The van der Waals surface area contributed by atoms with Crippen LogP contribution in [0.4, 0.5) is 0 Å². The van der Waals surface area contributed by atoms with Crippen molar-refractivity contribution in [1.82, 2.24) is 0 Å². The molecule has 0 bridgehead atoms. The third kappa shape index (κ3) is 3.53. The highest BCUT2D eigenvalue weighted by Crippen LogP contribution is 2.34. The van der Waals surface area contributed by atoms with Crippen LogP contribution >= 0.6 is 0 Å². The number of Topliss-reactive ketones (excluding diaryl/α,β-unsaturated/α-hetero) is 1. The summed E-state index contributed by atoms with van der Waals surface area (Å²) in [5.74, 6) is -3.90. The maximum absolute atomic E-state index is 12.1. The van der Waals surface area contributed by atoms with Crippen LogP contribution in [0, 0.1) is 5.92 Å². The van der Waals surface area contributed by atoms with Gasteiger partial charge in [0.2, 0.25) is 0 Å². The van der Waals surface area contributed by atoms with Crippen LogP contribution in [0.15, 0.2) is 0 Å². The van der Waals surface area contributed by atoms with E-state index >= 15 is 0 Å². The second-order valence-corrected chi connectivity index (χ2v) is 4.53. The van der Waals surface area contributed by atoms with Crippen LogP contribution in [0.25, 0.3) is 0 Å². The number of ether oxygens (including phenoxy) is 3. The molecule has 2 atom stereocenters. The predicted molar refractivity (Wildman–Crippen MR) is 65.4 cm³/mol. The molecule has 1 fully saturated rings. The van der Waals surface area contributed by atoms with Crippen LogP contribution in [0.1, 0.15) is 33.6 Å². The van der Waals surface area contributed by atoms with Crippen molar-refractivity contribution >= 4 is 17.7 Å². The number of hydrogen-bond acceptors (Lipinski definition) is 6. The monoisotopic (exact) mass is 272 g/mol. The molecule has 1 rings (SSSR count). The zero-order chi connectivity index (χ0) is 14.5. The van der Waals surface area contributed by atoms with Crippen molar-refractivity contribution in [3.8, 4) is 0 Å². The smallest absolute Gasteiger partial charge is 0.375 e. The molecule has 1 saturated heterocycles. The first-order valence-electron chi connectivity index (χ1n) is 6.47. The van der Waals surface area contributed by atoms with E-state index < -0.39 is 29.2 Å². The molecule has 0 aromatic carbocycles. The van der Waals surface area contributed by atoms with Crippen LogP contribution in [0.5, 0.6) is 0 Å². The van der Waals surface area contributed by atoms with Gasteiger partial charge in [0.15, 0.2) is 5.92 Å². The third-order valence-electron chi connectivity index (χ3n) is 3.12. The van der Waals surface area contributed by atoms with Crippen molar-refractivity contribution in [2.24, 2.45) is 5.92 Å². The second-order valence-electron chi connectivity index (χ2n) is 4.53. The molecule has 2 unspecified atom stereocenters. The molecule has 0 spiro atoms. The van der Waals surface area contributed by atoms with Gasteiger partial charge in [-0.05, 0) is 33.6 Å². The third-order valence-corrected chi connectivity index (χ3v) is 3.12. The Morgan fingerprint density at radius 3 is 2.32 bits per heavy atom. The van der Waals surface area contributed by atoms with Crippen LogP contribution < -0.4 is 0 Å². The lowest BCUT2D eigenvalue weighted by atomic mass is 9.83. The van der Waals surface area contributed by atoms with Gasteiger partial charge in [-0.25, -0.2) is 4.79 Å². The Hall–Kier alpha value is -1.43. The van der Waals surface area contributed by atoms with Gasteiger partial charge >= 0.3 is 11.9 Å². The normalized spacial score (nSPS) is 23.7. The molecule has 0 saturated carbocycles. The average molecular weight is 272 g/mol. The van der Waals surface area contributed by atoms with Crippen molar-refractivity contribution in [1.29, 1.82) is 0 Å². The van der Waals surface area contributed by atoms with Gasteiger partial charge in [0.1, 0.15) is 0 Å². The highest BCUT2D eigenvalue weighted by Gasteiger charge is 2.50. The summed E-state index contributed by atoms with van der Waals surface area (Å²) in [7, 11) is 0. The fourth-order valence-corrected chi connectivity index (χ4v) is 2.21. The lowest BCUT2D eigenvalue weighted by molar-refractivity contribution is -0.171. The highest BCUT2D eigenvalue weighted by atomic mass is 16.6. The van der Waals surface area contributed by atoms with Crippen LogP contribution in [0.2, 0.25) is 0 Å². The molecule has 1 heterocycles. The van der Waals surface area contributed by atoms with Gasteiger partial charge in [0.25, 0.3) is 5.78 Å². The summed E-state index contributed by atoms with van der Waals surface area (Å²) >= 11 is 0. The minimum absolute atomic E-state index is 0.0810. The number of rotatable bonds is 6. The van der Waals surface area contributed by atoms with Gasteiger partial charge < -0.3 is 14.2 Å². The summed E-state index contributed by atoms with van der Waals surface area (Å²) < 4.78 is 15.0. The van der Waals surface area contributed by atoms with Gasteiger partial charge in [0.05, 0.1) is 18.8 Å². The van der Waals surface area contributed by atoms with Crippen LogP contribution in [-0.2, 0) is 28.6 Å². The number of carbonyl (C=O) groups excluding carboxylic acids is 3. The molecular weight excluding hydrogens is 252 g/mol. The molecule has 0 N–H and O–H groups in total. The molecule has 108 valence electrons. The van der Waals surface area contributed by atoms with E-state index in [-0.39, 0.29) is 13.2 Å². The van der Waals surface area contributed by atoms with E-state index in [4.69, 9.17) is 9.47 Å². The van der Waals surface area contributed by atoms with E-state index in [1.165, 1.54) is 0 Å². The summed E-state index contributed by atoms with van der Waals surface area (Å²) in [6, 6.07) is 0. The zero-order valence-electron chi connectivity index (χ0n) is 11.6. The van der Waals surface area contributed by atoms with E-state index in [0.29, 0.717) is 13.0 Å². The summed E-state index contributed by atoms with van der Waals surface area (Å²) in [5.41, 5.74) is -0.990. The SMILES string of the molecule is CCOC(=O)C(=O)C(C(=O)OCC)C1(C)CCCO1. The molecule has 0 radical (unpaired) electrons. The standard InChI is InChI=1S/C13H20O6/c1-4-17-11(15)9(10(14)12(16)18-5-2)13(3)7-6-8-19-13/h9H,4-8H2,1-3H3. The molecule has 0 aromatic heterocycles. The minimum atomic E-state index is -1.26. The Labute approximate surface area is 112 Å². The molecular formula is C13H20O6. The van der Waals surface area contributed by atoms with Gasteiger partial charge in [-0.1, -0.05) is 0 Å². The Morgan fingerprint density at radius 2 is 1.84 bits per heavy atom. The summed E-state index contributed by atoms with van der Waals surface area (Å²) in [4.78, 5) is 35.6. The number of hydrogen-bond donors (Lipinski definition) is 0. The van der Waals surface area contributed by atoms with Gasteiger partial charge in [-0.2, -0.15) is 0 Å². The van der Waals surface area contributed by atoms with Crippen molar-refractivity contribution in [3.63, 3.8) is 0 Å². The van der Waals surface area contributed by atoms with Crippen molar-refractivity contribution in [2.45, 2.75) is 39.2 Å². The first kappa shape index (κ1) is 15.6. The Morgan fingerprint density at radius 1 is 1.21 bits per heavy atom. The summed E-state index contributed by atoms with van der Waals surface area (Å²) in [6.45, 7) is 5.57. The quantitative estimate of drug-likeness (QED) is 0.405. The molecule has 6 heteroatoms. The maximum Gasteiger partial charge on any atom is 0.375 e. The molecule has 0 aliphatic carbocycles. The van der Waals surface area contributed by atoms with Crippen LogP contribution in [0.3, 0.4) is 0 Å². The molecule has 0 aromatic rings. The van der Waals surface area contributed by atoms with Crippen molar-refractivity contribution in [2.75, 3.05) is 19.8 Å².